The number of carbonyl (C=O) groups excluding carboxylic acids is 2. The van der Waals surface area contributed by atoms with Crippen molar-refractivity contribution in [2.24, 2.45) is 0 Å². The predicted molar refractivity (Wildman–Crippen MR) is 116 cm³/mol. The summed E-state index contributed by atoms with van der Waals surface area (Å²) in [5.74, 6) is -1.37. The summed E-state index contributed by atoms with van der Waals surface area (Å²) in [7, 11) is -3.72. The van der Waals surface area contributed by atoms with Crippen molar-refractivity contribution in [1.82, 2.24) is 15.2 Å². The highest BCUT2D eigenvalue weighted by molar-refractivity contribution is 7.89. The second-order valence-electron chi connectivity index (χ2n) is 7.71. The van der Waals surface area contributed by atoms with E-state index in [4.69, 9.17) is 0 Å². The van der Waals surface area contributed by atoms with Gasteiger partial charge >= 0.3 is 6.18 Å². The number of amides is 2. The fraction of sp³-hybridized carbons (Fsp3) is 0.364. The molecule has 1 aliphatic rings. The summed E-state index contributed by atoms with van der Waals surface area (Å²) >= 11 is 0. The number of halogens is 3. The van der Waals surface area contributed by atoms with Gasteiger partial charge in [0.15, 0.2) is 0 Å². The first kappa shape index (κ1) is 25.7. The molecule has 2 aromatic rings. The Morgan fingerprint density at radius 1 is 0.912 bits per heavy atom. The number of piperidine rings is 1. The monoisotopic (exact) mass is 499 g/mol. The van der Waals surface area contributed by atoms with Crippen LogP contribution in [0, 0.1) is 0 Å². The van der Waals surface area contributed by atoms with E-state index >= 15 is 0 Å². The average Bonchev–Trinajstić information content (AvgIpc) is 2.82. The van der Waals surface area contributed by atoms with E-state index in [0.29, 0.717) is 18.7 Å². The van der Waals surface area contributed by atoms with E-state index in [1.807, 2.05) is 0 Å². The van der Waals surface area contributed by atoms with Crippen molar-refractivity contribution in [3.05, 3.63) is 65.2 Å². The molecule has 3 rings (SSSR count). The maximum Gasteiger partial charge on any atom is 0.411 e. The smallest absolute Gasteiger partial charge is 0.367 e. The summed E-state index contributed by atoms with van der Waals surface area (Å²) in [6.07, 6.45) is -1.88. The highest BCUT2D eigenvalue weighted by atomic mass is 32.2. The lowest BCUT2D eigenvalue weighted by molar-refractivity contribution is -0.176. The maximum atomic E-state index is 12.8. The summed E-state index contributed by atoms with van der Waals surface area (Å²) in [5.41, 5.74) is 5.09. The Bertz CT molecular complexity index is 1120. The lowest BCUT2D eigenvalue weighted by Crippen LogP contribution is -2.41. The standard InChI is InChI=1S/C22H24F3N3O5S/c23-22(24,25)15-33-14-16-7-9-17(10-8-16)20(29)26-27-21(30)18-5-4-6-19(13-18)34(31,32)28-11-2-1-3-12-28/h4-10,13H,1-3,11-12,14-15H2,(H,26,29)(H,27,30). The van der Waals surface area contributed by atoms with Gasteiger partial charge in [0.25, 0.3) is 11.8 Å². The minimum atomic E-state index is -4.42. The van der Waals surface area contributed by atoms with Gasteiger partial charge in [-0.15, -0.1) is 0 Å². The highest BCUT2D eigenvalue weighted by Gasteiger charge is 2.28. The van der Waals surface area contributed by atoms with Gasteiger partial charge in [-0.05, 0) is 48.7 Å². The second-order valence-corrected chi connectivity index (χ2v) is 9.64. The molecule has 2 N–H and O–H groups in total. The molecule has 0 aliphatic carbocycles. The van der Waals surface area contributed by atoms with Crippen molar-refractivity contribution in [1.29, 1.82) is 0 Å². The molecule has 0 bridgehead atoms. The van der Waals surface area contributed by atoms with Crippen molar-refractivity contribution >= 4 is 21.8 Å². The predicted octanol–water partition coefficient (Wildman–Crippen LogP) is 3.01. The second kappa shape index (κ2) is 11.0. The number of carbonyl (C=O) groups is 2. The van der Waals surface area contributed by atoms with Crippen LogP contribution < -0.4 is 10.9 Å². The van der Waals surface area contributed by atoms with E-state index in [-0.39, 0.29) is 22.6 Å². The fourth-order valence-corrected chi connectivity index (χ4v) is 4.91. The molecule has 1 saturated heterocycles. The Morgan fingerprint density at radius 2 is 1.53 bits per heavy atom. The van der Waals surface area contributed by atoms with E-state index in [1.165, 1.54) is 52.8 Å². The Kier molecular flexibility index (Phi) is 8.28. The minimum absolute atomic E-state index is 0.00305. The number of sulfonamides is 1. The molecule has 0 saturated carbocycles. The molecule has 8 nitrogen and oxygen atoms in total. The lowest BCUT2D eigenvalue weighted by atomic mass is 10.1. The summed E-state index contributed by atoms with van der Waals surface area (Å²) in [5, 5.41) is 0. The van der Waals surface area contributed by atoms with E-state index in [1.54, 1.807) is 0 Å². The zero-order valence-corrected chi connectivity index (χ0v) is 18.9. The van der Waals surface area contributed by atoms with E-state index in [0.717, 1.165) is 19.3 Å². The van der Waals surface area contributed by atoms with Gasteiger partial charge in [-0.2, -0.15) is 17.5 Å². The minimum Gasteiger partial charge on any atom is -0.367 e. The maximum absolute atomic E-state index is 12.8. The van der Waals surface area contributed by atoms with Crippen LogP contribution >= 0.6 is 0 Å². The SMILES string of the molecule is O=C(NNC(=O)c1cccc(S(=O)(=O)N2CCCCC2)c1)c1ccc(COCC(F)(F)F)cc1. The molecule has 34 heavy (non-hydrogen) atoms. The van der Waals surface area contributed by atoms with Gasteiger partial charge < -0.3 is 4.74 Å². The normalized spacial score (nSPS) is 15.0. The van der Waals surface area contributed by atoms with Crippen molar-refractivity contribution in [2.45, 2.75) is 36.9 Å². The molecule has 1 fully saturated rings. The third-order valence-electron chi connectivity index (χ3n) is 5.09. The molecule has 1 aliphatic heterocycles. The molecule has 2 aromatic carbocycles. The number of hydrogen-bond donors (Lipinski definition) is 2. The zero-order chi connectivity index (χ0) is 24.8. The van der Waals surface area contributed by atoms with E-state index in [9.17, 15) is 31.2 Å². The molecule has 0 aromatic heterocycles. The van der Waals surface area contributed by atoms with Crippen LogP contribution in [0.15, 0.2) is 53.4 Å². The molecular weight excluding hydrogens is 475 g/mol. The Hall–Kier alpha value is -2.96. The van der Waals surface area contributed by atoms with Crippen LogP contribution in [0.25, 0.3) is 0 Å². The topological polar surface area (TPSA) is 105 Å². The quantitative estimate of drug-likeness (QED) is 0.570. The number of rotatable bonds is 7. The van der Waals surface area contributed by atoms with Crippen molar-refractivity contribution < 1.29 is 35.9 Å². The molecular formula is C22H24F3N3O5S. The van der Waals surface area contributed by atoms with Crippen LogP contribution in [0.4, 0.5) is 13.2 Å². The van der Waals surface area contributed by atoms with Gasteiger partial charge in [0.05, 0.1) is 11.5 Å². The first-order valence-corrected chi connectivity index (χ1v) is 11.9. The molecule has 0 radical (unpaired) electrons. The highest BCUT2D eigenvalue weighted by Crippen LogP contribution is 2.21. The largest absolute Gasteiger partial charge is 0.411 e. The van der Waals surface area contributed by atoms with Gasteiger partial charge in [0, 0.05) is 24.2 Å². The number of benzene rings is 2. The van der Waals surface area contributed by atoms with Crippen molar-refractivity contribution in [3.8, 4) is 0 Å². The number of nitrogens with zero attached hydrogens (tertiary/aromatic N) is 1. The van der Waals surface area contributed by atoms with Crippen molar-refractivity contribution in [3.63, 3.8) is 0 Å². The first-order chi connectivity index (χ1) is 16.1. The van der Waals surface area contributed by atoms with Crippen LogP contribution in [-0.4, -0.2) is 50.4 Å². The van der Waals surface area contributed by atoms with Gasteiger partial charge in [-0.3, -0.25) is 20.4 Å². The van der Waals surface area contributed by atoms with Crippen LogP contribution in [0.5, 0.6) is 0 Å². The lowest BCUT2D eigenvalue weighted by Gasteiger charge is -2.26. The van der Waals surface area contributed by atoms with Gasteiger partial charge in [-0.25, -0.2) is 8.42 Å². The van der Waals surface area contributed by atoms with Gasteiger partial charge in [0.2, 0.25) is 10.0 Å². The third kappa shape index (κ3) is 7.02. The van der Waals surface area contributed by atoms with Gasteiger partial charge in [0.1, 0.15) is 6.61 Å². The number of nitrogens with one attached hydrogen (secondary N) is 2. The average molecular weight is 500 g/mol. The fourth-order valence-electron chi connectivity index (χ4n) is 3.35. The first-order valence-electron chi connectivity index (χ1n) is 10.5. The molecule has 2 amide bonds. The molecule has 0 unspecified atom stereocenters. The summed E-state index contributed by atoms with van der Waals surface area (Å²) in [6, 6.07) is 11.2. The Balaban J connectivity index is 1.56. The van der Waals surface area contributed by atoms with Crippen LogP contribution in [0.1, 0.15) is 45.5 Å². The summed E-state index contributed by atoms with van der Waals surface area (Å²) < 4.78 is 67.9. The van der Waals surface area contributed by atoms with Gasteiger partial charge in [-0.1, -0.05) is 24.6 Å². The molecule has 0 spiro atoms. The van der Waals surface area contributed by atoms with Crippen LogP contribution in [0.2, 0.25) is 0 Å². The Labute approximate surface area is 195 Å². The molecule has 1 heterocycles. The van der Waals surface area contributed by atoms with Crippen LogP contribution in [-0.2, 0) is 21.4 Å². The van der Waals surface area contributed by atoms with E-state index in [2.05, 4.69) is 15.6 Å². The third-order valence-corrected chi connectivity index (χ3v) is 6.98. The molecule has 0 atom stereocenters. The number of hydrogen-bond acceptors (Lipinski definition) is 5. The zero-order valence-electron chi connectivity index (χ0n) is 18.1. The summed E-state index contributed by atoms with van der Waals surface area (Å²) in [4.78, 5) is 24.7. The van der Waals surface area contributed by atoms with E-state index < -0.39 is 34.6 Å². The van der Waals surface area contributed by atoms with Crippen LogP contribution in [0.3, 0.4) is 0 Å². The molecule has 12 heteroatoms. The summed E-state index contributed by atoms with van der Waals surface area (Å²) in [6.45, 7) is -0.777. The number of ether oxygens (including phenoxy) is 1. The number of hydrazine groups is 1. The Morgan fingerprint density at radius 3 is 2.15 bits per heavy atom. The molecule has 184 valence electrons. The van der Waals surface area contributed by atoms with Crippen molar-refractivity contribution in [2.75, 3.05) is 19.7 Å². The number of alkyl halides is 3.